The van der Waals surface area contributed by atoms with Crippen LogP contribution in [0.25, 0.3) is 0 Å². The van der Waals surface area contributed by atoms with Crippen molar-refractivity contribution in [2.24, 2.45) is 11.7 Å². The van der Waals surface area contributed by atoms with Crippen LogP contribution in [0, 0.1) is 5.92 Å². The molecule has 0 aromatic heterocycles. The van der Waals surface area contributed by atoms with Crippen molar-refractivity contribution in [3.63, 3.8) is 0 Å². The third-order valence-corrected chi connectivity index (χ3v) is 4.24. The highest BCUT2D eigenvalue weighted by atomic mass is 35.5. The van der Waals surface area contributed by atoms with Crippen molar-refractivity contribution >= 4 is 29.9 Å². The molecule has 1 amide bonds. The molecule has 0 aliphatic heterocycles. The molecule has 1 atom stereocenters. The number of carbonyl (C=O) groups excluding carboxylic acids is 1. The topological polar surface area (TPSA) is 73.6 Å². The van der Waals surface area contributed by atoms with Gasteiger partial charge in [-0.1, -0.05) is 24.9 Å². The molecule has 1 aromatic rings. The Morgan fingerprint density at radius 3 is 2.75 bits per heavy atom. The summed E-state index contributed by atoms with van der Waals surface area (Å²) in [6.45, 7) is 3.12. The number of unbranched alkanes of at least 4 members (excludes halogenated alkanes) is 1. The molecule has 1 saturated carbocycles. The van der Waals surface area contributed by atoms with Gasteiger partial charge in [0, 0.05) is 18.2 Å². The van der Waals surface area contributed by atoms with Gasteiger partial charge in [0.2, 0.25) is 0 Å². The van der Waals surface area contributed by atoms with Crippen LogP contribution in [0.2, 0.25) is 5.02 Å². The molecule has 0 bridgehead atoms. The molecule has 7 heteroatoms. The number of hydrogen-bond acceptors (Lipinski definition) is 4. The number of methoxy groups -OCH3 is 1. The van der Waals surface area contributed by atoms with E-state index in [0.29, 0.717) is 41.2 Å². The lowest BCUT2D eigenvalue weighted by Gasteiger charge is -2.15. The first-order valence-electron chi connectivity index (χ1n) is 8.11. The maximum Gasteiger partial charge on any atom is 0.251 e. The van der Waals surface area contributed by atoms with Gasteiger partial charge in [0.1, 0.15) is 0 Å². The molecule has 136 valence electrons. The van der Waals surface area contributed by atoms with Gasteiger partial charge in [-0.3, -0.25) is 4.79 Å². The van der Waals surface area contributed by atoms with E-state index in [1.807, 2.05) is 0 Å². The van der Waals surface area contributed by atoms with E-state index in [2.05, 4.69) is 12.2 Å². The summed E-state index contributed by atoms with van der Waals surface area (Å²) in [5.74, 6) is 1.28. The molecule has 0 saturated heterocycles. The average Bonchev–Trinajstić information content (AvgIpc) is 3.38. The number of benzene rings is 1. The quantitative estimate of drug-likeness (QED) is 0.647. The summed E-state index contributed by atoms with van der Waals surface area (Å²) < 4.78 is 11.0. The molecule has 1 aromatic carbocycles. The van der Waals surface area contributed by atoms with E-state index in [-0.39, 0.29) is 24.4 Å². The molecule has 1 fully saturated rings. The second kappa shape index (κ2) is 9.97. The summed E-state index contributed by atoms with van der Waals surface area (Å²) in [6, 6.07) is 3.27. The minimum atomic E-state index is -0.207. The lowest BCUT2D eigenvalue weighted by molar-refractivity contribution is 0.0950. The van der Waals surface area contributed by atoms with Crippen molar-refractivity contribution in [2.75, 3.05) is 20.3 Å². The van der Waals surface area contributed by atoms with Crippen LogP contribution in [0.5, 0.6) is 11.5 Å². The Bertz CT molecular complexity index is 551. The third kappa shape index (κ3) is 5.72. The van der Waals surface area contributed by atoms with Crippen LogP contribution in [-0.4, -0.2) is 32.2 Å². The Morgan fingerprint density at radius 2 is 2.17 bits per heavy atom. The van der Waals surface area contributed by atoms with Crippen LogP contribution in [0.4, 0.5) is 0 Å². The molecule has 24 heavy (non-hydrogen) atoms. The molecule has 5 nitrogen and oxygen atoms in total. The Hall–Kier alpha value is -1.17. The van der Waals surface area contributed by atoms with Crippen LogP contribution in [0.3, 0.4) is 0 Å². The highest BCUT2D eigenvalue weighted by molar-refractivity contribution is 6.32. The predicted octanol–water partition coefficient (Wildman–Crippen LogP) is 3.42. The first kappa shape index (κ1) is 20.9. The van der Waals surface area contributed by atoms with Crippen molar-refractivity contribution in [3.05, 3.63) is 22.7 Å². The SMILES string of the molecule is CCCCOc1c(Cl)cc(C(=O)NCC(N)C2CC2)cc1OC.Cl. The minimum Gasteiger partial charge on any atom is -0.493 e. The average molecular weight is 377 g/mol. The molecule has 0 spiro atoms. The Labute approximate surface area is 154 Å². The third-order valence-electron chi connectivity index (χ3n) is 3.96. The molecule has 0 heterocycles. The molecular weight excluding hydrogens is 351 g/mol. The smallest absolute Gasteiger partial charge is 0.251 e. The fraction of sp³-hybridized carbons (Fsp3) is 0.588. The van der Waals surface area contributed by atoms with Crippen LogP contribution in [0.1, 0.15) is 43.0 Å². The van der Waals surface area contributed by atoms with Crippen molar-refractivity contribution in [2.45, 2.75) is 38.6 Å². The van der Waals surface area contributed by atoms with Gasteiger partial charge in [-0.05, 0) is 37.3 Å². The van der Waals surface area contributed by atoms with E-state index in [1.165, 1.54) is 7.11 Å². The first-order valence-corrected chi connectivity index (χ1v) is 8.48. The summed E-state index contributed by atoms with van der Waals surface area (Å²) in [4.78, 5) is 12.3. The number of hydrogen-bond donors (Lipinski definition) is 2. The number of carbonyl (C=O) groups is 1. The van der Waals surface area contributed by atoms with E-state index < -0.39 is 0 Å². The van der Waals surface area contributed by atoms with Crippen molar-refractivity contribution < 1.29 is 14.3 Å². The number of rotatable bonds is 9. The Morgan fingerprint density at radius 1 is 1.46 bits per heavy atom. The van der Waals surface area contributed by atoms with Crippen molar-refractivity contribution in [1.29, 1.82) is 0 Å². The fourth-order valence-corrected chi connectivity index (χ4v) is 2.58. The molecule has 1 aliphatic carbocycles. The number of amides is 1. The maximum absolute atomic E-state index is 12.3. The highest BCUT2D eigenvalue weighted by Gasteiger charge is 2.28. The molecule has 3 N–H and O–H groups in total. The van der Waals surface area contributed by atoms with E-state index >= 15 is 0 Å². The number of halogens is 2. The van der Waals surface area contributed by atoms with Gasteiger partial charge in [0.15, 0.2) is 11.5 Å². The van der Waals surface area contributed by atoms with E-state index in [4.69, 9.17) is 26.8 Å². The largest absolute Gasteiger partial charge is 0.493 e. The number of nitrogens with one attached hydrogen (secondary N) is 1. The molecule has 2 rings (SSSR count). The molecule has 0 radical (unpaired) electrons. The summed E-state index contributed by atoms with van der Waals surface area (Å²) >= 11 is 6.25. The fourth-order valence-electron chi connectivity index (χ4n) is 2.31. The highest BCUT2D eigenvalue weighted by Crippen LogP contribution is 2.36. The number of nitrogens with two attached hydrogens (primary N) is 1. The van der Waals surface area contributed by atoms with Gasteiger partial charge < -0.3 is 20.5 Å². The Balaban J connectivity index is 0.00000288. The zero-order valence-electron chi connectivity index (χ0n) is 14.1. The van der Waals surface area contributed by atoms with Gasteiger partial charge in [0.25, 0.3) is 5.91 Å². The number of ether oxygens (including phenoxy) is 2. The Kier molecular flexibility index (Phi) is 8.67. The van der Waals surface area contributed by atoms with Crippen LogP contribution in [0.15, 0.2) is 12.1 Å². The lowest BCUT2D eigenvalue weighted by Crippen LogP contribution is -2.38. The summed E-state index contributed by atoms with van der Waals surface area (Å²) in [5.41, 5.74) is 6.44. The zero-order valence-corrected chi connectivity index (χ0v) is 15.7. The maximum atomic E-state index is 12.3. The van der Waals surface area contributed by atoms with Gasteiger partial charge >= 0.3 is 0 Å². The summed E-state index contributed by atoms with van der Waals surface area (Å²) in [5, 5.41) is 3.22. The monoisotopic (exact) mass is 376 g/mol. The van der Waals surface area contributed by atoms with E-state index in [0.717, 1.165) is 25.7 Å². The van der Waals surface area contributed by atoms with Crippen molar-refractivity contribution in [1.82, 2.24) is 5.32 Å². The van der Waals surface area contributed by atoms with Gasteiger partial charge in [0.05, 0.1) is 18.7 Å². The van der Waals surface area contributed by atoms with Gasteiger partial charge in [-0.25, -0.2) is 0 Å². The molecular formula is C17H26Cl2N2O3. The second-order valence-electron chi connectivity index (χ2n) is 5.90. The van der Waals surface area contributed by atoms with Gasteiger partial charge in [-0.15, -0.1) is 12.4 Å². The summed E-state index contributed by atoms with van der Waals surface area (Å²) in [6.07, 6.45) is 4.27. The van der Waals surface area contributed by atoms with Crippen LogP contribution in [-0.2, 0) is 0 Å². The zero-order chi connectivity index (χ0) is 16.8. The van der Waals surface area contributed by atoms with Crippen LogP contribution < -0.4 is 20.5 Å². The van der Waals surface area contributed by atoms with E-state index in [9.17, 15) is 4.79 Å². The lowest BCUT2D eigenvalue weighted by atomic mass is 10.1. The van der Waals surface area contributed by atoms with Crippen molar-refractivity contribution in [3.8, 4) is 11.5 Å². The molecule has 1 unspecified atom stereocenters. The van der Waals surface area contributed by atoms with Gasteiger partial charge in [-0.2, -0.15) is 0 Å². The minimum absolute atomic E-state index is 0. The molecule has 1 aliphatic rings. The van der Waals surface area contributed by atoms with E-state index in [1.54, 1.807) is 12.1 Å². The standard InChI is InChI=1S/C17H25ClN2O3.ClH/c1-3-4-7-23-16-13(18)8-12(9-15(16)22-2)17(21)20-10-14(19)11-5-6-11;/h8-9,11,14H,3-7,10,19H2,1-2H3,(H,20,21);1H. The summed E-state index contributed by atoms with van der Waals surface area (Å²) in [7, 11) is 1.53. The second-order valence-corrected chi connectivity index (χ2v) is 6.31. The normalized spacial score (nSPS) is 14.5. The van der Waals surface area contributed by atoms with Crippen LogP contribution >= 0.6 is 24.0 Å². The predicted molar refractivity (Wildman–Crippen MR) is 98.7 cm³/mol. The first-order chi connectivity index (χ1) is 11.1.